The van der Waals surface area contributed by atoms with E-state index in [9.17, 15) is 18.0 Å². The second-order valence-electron chi connectivity index (χ2n) is 10.3. The monoisotopic (exact) mass is 594 g/mol. The van der Waals surface area contributed by atoms with Crippen molar-refractivity contribution >= 4 is 27.8 Å². The van der Waals surface area contributed by atoms with Crippen LogP contribution in [0, 0.1) is 19.7 Å². The van der Waals surface area contributed by atoms with Crippen LogP contribution >= 0.6 is 0 Å². The minimum absolute atomic E-state index is 0.198. The minimum atomic E-state index is -4.64. The number of ether oxygens (including phenoxy) is 1. The van der Waals surface area contributed by atoms with E-state index in [0.29, 0.717) is 59.3 Å². The molecule has 0 radical (unpaired) electrons. The number of nitrogens with two attached hydrogens (primary N) is 1. The molecule has 1 fully saturated rings. The van der Waals surface area contributed by atoms with Gasteiger partial charge in [-0.1, -0.05) is 6.07 Å². The molecular formula is C29H26F4N8O2. The highest BCUT2D eigenvalue weighted by Gasteiger charge is 2.33. The molecule has 10 nitrogen and oxygen atoms in total. The Hall–Kier alpha value is -4.85. The summed E-state index contributed by atoms with van der Waals surface area (Å²) < 4.78 is 62.1. The third-order valence-corrected chi connectivity index (χ3v) is 7.34. The van der Waals surface area contributed by atoms with E-state index in [1.54, 1.807) is 31.3 Å². The predicted molar refractivity (Wildman–Crippen MR) is 151 cm³/mol. The number of rotatable bonds is 6. The van der Waals surface area contributed by atoms with Crippen molar-refractivity contribution in [3.63, 3.8) is 0 Å². The molecule has 222 valence electrons. The van der Waals surface area contributed by atoms with Gasteiger partial charge in [-0.05, 0) is 49.2 Å². The average Bonchev–Trinajstić information content (AvgIpc) is 3.29. The third kappa shape index (κ3) is 5.52. The Morgan fingerprint density at radius 3 is 2.44 bits per heavy atom. The molecule has 2 aromatic carbocycles. The highest BCUT2D eigenvalue weighted by molar-refractivity contribution is 6.04. The summed E-state index contributed by atoms with van der Waals surface area (Å²) in [4.78, 5) is 29.7. The van der Waals surface area contributed by atoms with Crippen LogP contribution in [0.15, 0.2) is 48.8 Å². The molecule has 4 heterocycles. The summed E-state index contributed by atoms with van der Waals surface area (Å²) in [6.07, 6.45) is -2.04. The molecule has 1 saturated heterocycles. The molecule has 0 saturated carbocycles. The number of nitrogens with zero attached hydrogens (tertiary/aromatic N) is 7. The van der Waals surface area contributed by atoms with Crippen molar-refractivity contribution in [2.75, 3.05) is 37.7 Å². The van der Waals surface area contributed by atoms with E-state index in [2.05, 4.69) is 20.0 Å². The molecule has 0 bridgehead atoms. The van der Waals surface area contributed by atoms with Crippen LogP contribution in [0.1, 0.15) is 17.1 Å². The van der Waals surface area contributed by atoms with Gasteiger partial charge in [0, 0.05) is 49.4 Å². The number of hydrogen-bond donors (Lipinski definition) is 1. The molecule has 2 N–H and O–H groups in total. The number of hydrogen-bond acceptors (Lipinski definition) is 8. The number of carbonyl (C=O) groups excluding carboxylic acids is 1. The normalized spacial score (nSPS) is 14.5. The molecule has 3 aromatic heterocycles. The Morgan fingerprint density at radius 2 is 1.74 bits per heavy atom. The minimum Gasteiger partial charge on any atom is -0.424 e. The first-order valence-electron chi connectivity index (χ1n) is 13.4. The number of alkyl halides is 3. The lowest BCUT2D eigenvalue weighted by atomic mass is 9.98. The molecule has 6 rings (SSSR count). The van der Waals surface area contributed by atoms with Gasteiger partial charge in [-0.3, -0.25) is 14.7 Å². The van der Waals surface area contributed by atoms with Crippen LogP contribution in [-0.4, -0.2) is 68.1 Å². The fourth-order valence-electron chi connectivity index (χ4n) is 5.40. The maximum atomic E-state index is 15.5. The van der Waals surface area contributed by atoms with Gasteiger partial charge >= 0.3 is 12.2 Å². The summed E-state index contributed by atoms with van der Waals surface area (Å²) in [5.41, 5.74) is 7.65. The first kappa shape index (κ1) is 28.3. The Balaban J connectivity index is 1.36. The molecular weight excluding hydrogens is 568 g/mol. The molecule has 1 amide bonds. The summed E-state index contributed by atoms with van der Waals surface area (Å²) in [6, 6.07) is 8.16. The van der Waals surface area contributed by atoms with Crippen LogP contribution in [0.5, 0.6) is 11.8 Å². The van der Waals surface area contributed by atoms with Gasteiger partial charge in [0.25, 0.3) is 0 Å². The van der Waals surface area contributed by atoms with Crippen LogP contribution < -0.4 is 15.5 Å². The smallest absolute Gasteiger partial charge is 0.424 e. The first-order chi connectivity index (χ1) is 20.5. The zero-order chi connectivity index (χ0) is 30.5. The molecule has 0 unspecified atom stereocenters. The summed E-state index contributed by atoms with van der Waals surface area (Å²) >= 11 is 0. The van der Waals surface area contributed by atoms with Gasteiger partial charge in [-0.2, -0.15) is 18.2 Å². The largest absolute Gasteiger partial charge is 0.433 e. The second-order valence-corrected chi connectivity index (χ2v) is 10.3. The lowest BCUT2D eigenvalue weighted by Gasteiger charge is -2.36. The van der Waals surface area contributed by atoms with E-state index in [-0.39, 0.29) is 18.2 Å². The van der Waals surface area contributed by atoms with Crippen molar-refractivity contribution < 1.29 is 27.1 Å². The van der Waals surface area contributed by atoms with Gasteiger partial charge in [0.15, 0.2) is 5.69 Å². The van der Waals surface area contributed by atoms with Crippen LogP contribution in [0.25, 0.3) is 33.1 Å². The Bertz CT molecular complexity index is 1870. The number of fused-ring (bicyclic) bond motifs is 3. The number of piperazine rings is 1. The number of carbonyl (C=O) groups is 1. The maximum absolute atomic E-state index is 15.5. The molecule has 5 aromatic rings. The van der Waals surface area contributed by atoms with Gasteiger partial charge in [0.05, 0.1) is 18.3 Å². The number of amides is 1. The van der Waals surface area contributed by atoms with Gasteiger partial charge in [0.1, 0.15) is 28.4 Å². The van der Waals surface area contributed by atoms with E-state index in [4.69, 9.17) is 15.5 Å². The Labute approximate surface area is 242 Å². The fraction of sp³-hybridized carbons (Fsp3) is 0.276. The van der Waals surface area contributed by atoms with Crippen LogP contribution in [0.2, 0.25) is 0 Å². The predicted octanol–water partition coefficient (Wildman–Crippen LogP) is 4.35. The highest BCUT2D eigenvalue weighted by Crippen LogP contribution is 2.35. The number of benzene rings is 2. The number of primary amides is 1. The zero-order valence-electron chi connectivity index (χ0n) is 23.2. The topological polar surface area (TPSA) is 115 Å². The number of aromatic nitrogens is 5. The number of imidazole rings is 1. The number of aryl methyl sites for hydroxylation is 2. The van der Waals surface area contributed by atoms with Crippen LogP contribution in [-0.2, 0) is 11.0 Å². The van der Waals surface area contributed by atoms with E-state index >= 15 is 4.39 Å². The van der Waals surface area contributed by atoms with Crippen molar-refractivity contribution in [2.24, 2.45) is 5.73 Å². The quantitative estimate of drug-likeness (QED) is 0.289. The summed E-state index contributed by atoms with van der Waals surface area (Å²) in [5.74, 6) is 0.0893. The van der Waals surface area contributed by atoms with E-state index < -0.39 is 23.7 Å². The molecule has 0 spiro atoms. The molecule has 43 heavy (non-hydrogen) atoms. The Kier molecular flexibility index (Phi) is 7.08. The maximum Gasteiger partial charge on any atom is 0.433 e. The van der Waals surface area contributed by atoms with E-state index in [0.717, 1.165) is 23.6 Å². The lowest BCUT2D eigenvalue weighted by Crippen LogP contribution is -2.53. The lowest BCUT2D eigenvalue weighted by molar-refractivity contribution is -0.141. The number of pyridine rings is 1. The average molecular weight is 595 g/mol. The van der Waals surface area contributed by atoms with Crippen molar-refractivity contribution in [2.45, 2.75) is 20.0 Å². The zero-order valence-corrected chi connectivity index (χ0v) is 23.2. The first-order valence-corrected chi connectivity index (χ1v) is 13.4. The van der Waals surface area contributed by atoms with Gasteiger partial charge < -0.3 is 15.5 Å². The second kappa shape index (κ2) is 10.8. The molecule has 1 aliphatic rings. The summed E-state index contributed by atoms with van der Waals surface area (Å²) in [7, 11) is 0. The van der Waals surface area contributed by atoms with E-state index in [1.807, 2.05) is 16.5 Å². The molecule has 1 aliphatic heterocycles. The van der Waals surface area contributed by atoms with Crippen molar-refractivity contribution in [1.82, 2.24) is 29.5 Å². The van der Waals surface area contributed by atoms with Gasteiger partial charge in [-0.25, -0.2) is 19.0 Å². The fourth-order valence-corrected chi connectivity index (χ4v) is 5.40. The third-order valence-electron chi connectivity index (χ3n) is 7.34. The molecule has 0 atom stereocenters. The summed E-state index contributed by atoms with van der Waals surface area (Å²) in [6.45, 7) is 6.39. The van der Waals surface area contributed by atoms with Gasteiger partial charge in [0.2, 0.25) is 5.91 Å². The SMILES string of the molecule is Cc1cc(Oc2nccc(C(F)(F)F)n2)ccc1-c1cc2c(cc1F)ncc1nc(C)n(N3CCN(CC(N)=O)CC3)c12. The van der Waals surface area contributed by atoms with E-state index in [1.165, 1.54) is 12.1 Å². The van der Waals surface area contributed by atoms with Crippen molar-refractivity contribution in [3.05, 3.63) is 71.7 Å². The summed E-state index contributed by atoms with van der Waals surface area (Å²) in [5, 5.41) is 2.84. The molecule has 0 aliphatic carbocycles. The van der Waals surface area contributed by atoms with Gasteiger partial charge in [-0.15, -0.1) is 0 Å². The Morgan fingerprint density at radius 1 is 0.977 bits per heavy atom. The van der Waals surface area contributed by atoms with Crippen LogP contribution in [0.4, 0.5) is 17.6 Å². The standard InChI is InChI=1S/C29H26F4N8O2/c1-16-11-18(43-28-35-6-5-25(38-28)29(31,32)33)3-4-19(16)20-12-21-23(13-22(20)30)36-14-24-27(21)41(17(2)37-24)40-9-7-39(8-10-40)15-26(34)42/h3-6,11-14H,7-10,15H2,1-2H3,(H2,34,42). The highest BCUT2D eigenvalue weighted by atomic mass is 19.4. The van der Waals surface area contributed by atoms with Crippen molar-refractivity contribution in [1.29, 1.82) is 0 Å². The molecule has 14 heteroatoms. The van der Waals surface area contributed by atoms with Crippen LogP contribution in [0.3, 0.4) is 0 Å². The number of halogens is 4. The van der Waals surface area contributed by atoms with Crippen molar-refractivity contribution in [3.8, 4) is 22.9 Å².